The maximum Gasteiger partial charge on any atom is 0.236 e. The van der Waals surface area contributed by atoms with Crippen LogP contribution in [0.15, 0.2) is 28.2 Å². The monoisotopic (exact) mass is 294 g/mol. The van der Waals surface area contributed by atoms with Crippen LogP contribution in [0.4, 0.5) is 0 Å². The number of aliphatic hydroxyl groups excluding tert-OH is 1. The van der Waals surface area contributed by atoms with E-state index in [1.54, 1.807) is 17.6 Å². The fraction of sp³-hybridized carbons (Fsp3) is 0.500. The molecule has 3 heterocycles. The SMILES string of the molecule is CC1COC(CO)CN1Cc1coc(-c2cccs2)n1. The Labute approximate surface area is 121 Å². The van der Waals surface area contributed by atoms with Gasteiger partial charge in [-0.2, -0.15) is 0 Å². The molecule has 2 aromatic rings. The minimum Gasteiger partial charge on any atom is -0.444 e. The van der Waals surface area contributed by atoms with E-state index in [4.69, 9.17) is 9.15 Å². The summed E-state index contributed by atoms with van der Waals surface area (Å²) in [6.45, 7) is 4.26. The minimum absolute atomic E-state index is 0.0580. The van der Waals surface area contributed by atoms with Gasteiger partial charge in [-0.3, -0.25) is 4.90 Å². The zero-order chi connectivity index (χ0) is 13.9. The van der Waals surface area contributed by atoms with Crippen LogP contribution in [-0.4, -0.2) is 46.9 Å². The smallest absolute Gasteiger partial charge is 0.236 e. The fourth-order valence-electron chi connectivity index (χ4n) is 2.31. The molecule has 108 valence electrons. The van der Waals surface area contributed by atoms with E-state index >= 15 is 0 Å². The summed E-state index contributed by atoms with van der Waals surface area (Å²) in [7, 11) is 0. The highest BCUT2D eigenvalue weighted by atomic mass is 32.1. The molecule has 2 atom stereocenters. The first-order valence-corrected chi connectivity index (χ1v) is 7.59. The zero-order valence-corrected chi connectivity index (χ0v) is 12.2. The Morgan fingerprint density at radius 2 is 2.45 bits per heavy atom. The van der Waals surface area contributed by atoms with Gasteiger partial charge in [-0.15, -0.1) is 11.3 Å². The van der Waals surface area contributed by atoms with Gasteiger partial charge in [0.25, 0.3) is 0 Å². The quantitative estimate of drug-likeness (QED) is 0.934. The van der Waals surface area contributed by atoms with Crippen molar-refractivity contribution in [2.45, 2.75) is 25.6 Å². The standard InChI is InChI=1S/C14H18N2O3S/c1-10-8-18-12(7-17)6-16(10)5-11-9-19-14(15-11)13-3-2-4-20-13/h2-4,9-10,12,17H,5-8H2,1H3. The summed E-state index contributed by atoms with van der Waals surface area (Å²) in [6, 6.07) is 4.30. The second-order valence-corrected chi connectivity index (χ2v) is 5.99. The molecule has 0 aromatic carbocycles. The number of hydrogen-bond donors (Lipinski definition) is 1. The van der Waals surface area contributed by atoms with Crippen LogP contribution in [0.1, 0.15) is 12.6 Å². The molecule has 2 unspecified atom stereocenters. The zero-order valence-electron chi connectivity index (χ0n) is 11.4. The molecular formula is C14H18N2O3S. The van der Waals surface area contributed by atoms with Gasteiger partial charge in [-0.1, -0.05) is 6.07 Å². The Morgan fingerprint density at radius 3 is 3.20 bits per heavy atom. The van der Waals surface area contributed by atoms with Gasteiger partial charge in [0, 0.05) is 19.1 Å². The van der Waals surface area contributed by atoms with E-state index in [9.17, 15) is 5.11 Å². The topological polar surface area (TPSA) is 58.7 Å². The first kappa shape index (κ1) is 13.8. The first-order valence-electron chi connectivity index (χ1n) is 6.71. The van der Waals surface area contributed by atoms with E-state index in [0.29, 0.717) is 18.5 Å². The van der Waals surface area contributed by atoms with E-state index in [2.05, 4.69) is 16.8 Å². The number of rotatable bonds is 4. The van der Waals surface area contributed by atoms with Crippen LogP contribution in [0.3, 0.4) is 0 Å². The van der Waals surface area contributed by atoms with Crippen LogP contribution in [0, 0.1) is 0 Å². The van der Waals surface area contributed by atoms with Crippen molar-refractivity contribution in [1.29, 1.82) is 0 Å². The van der Waals surface area contributed by atoms with Gasteiger partial charge in [0.2, 0.25) is 5.89 Å². The van der Waals surface area contributed by atoms with Crippen LogP contribution in [-0.2, 0) is 11.3 Å². The van der Waals surface area contributed by atoms with E-state index < -0.39 is 0 Å². The molecule has 0 saturated carbocycles. The second kappa shape index (κ2) is 6.05. The Balaban J connectivity index is 1.68. The van der Waals surface area contributed by atoms with E-state index in [-0.39, 0.29) is 12.7 Å². The summed E-state index contributed by atoms with van der Waals surface area (Å²) in [5.74, 6) is 0.676. The van der Waals surface area contributed by atoms with Gasteiger partial charge in [0.1, 0.15) is 6.26 Å². The van der Waals surface area contributed by atoms with Gasteiger partial charge in [-0.05, 0) is 18.4 Å². The molecular weight excluding hydrogens is 276 g/mol. The molecule has 0 aliphatic carbocycles. The highest BCUT2D eigenvalue weighted by Gasteiger charge is 2.26. The summed E-state index contributed by atoms with van der Waals surface area (Å²) in [5, 5.41) is 11.2. The van der Waals surface area contributed by atoms with E-state index in [0.717, 1.165) is 23.7 Å². The average molecular weight is 294 g/mol. The van der Waals surface area contributed by atoms with E-state index in [1.165, 1.54) is 0 Å². The van der Waals surface area contributed by atoms with Crippen molar-refractivity contribution < 1.29 is 14.3 Å². The number of nitrogens with zero attached hydrogens (tertiary/aromatic N) is 2. The first-order chi connectivity index (χ1) is 9.76. The predicted octanol–water partition coefficient (Wildman–Crippen LogP) is 1.98. The van der Waals surface area contributed by atoms with Crippen molar-refractivity contribution in [3.63, 3.8) is 0 Å². The lowest BCUT2D eigenvalue weighted by Crippen LogP contribution is -2.48. The molecule has 0 amide bonds. The van der Waals surface area contributed by atoms with Crippen molar-refractivity contribution in [2.24, 2.45) is 0 Å². The molecule has 1 aliphatic rings. The summed E-state index contributed by atoms with van der Waals surface area (Å²) in [6.07, 6.45) is 1.61. The molecule has 5 nitrogen and oxygen atoms in total. The van der Waals surface area contributed by atoms with Crippen LogP contribution < -0.4 is 0 Å². The lowest BCUT2D eigenvalue weighted by Gasteiger charge is -2.36. The molecule has 1 N–H and O–H groups in total. The third-order valence-electron chi connectivity index (χ3n) is 3.49. The number of aliphatic hydroxyl groups is 1. The van der Waals surface area contributed by atoms with Crippen molar-refractivity contribution >= 4 is 11.3 Å². The predicted molar refractivity (Wildman–Crippen MR) is 76.5 cm³/mol. The molecule has 0 bridgehead atoms. The number of oxazole rings is 1. The van der Waals surface area contributed by atoms with Crippen molar-refractivity contribution in [1.82, 2.24) is 9.88 Å². The third kappa shape index (κ3) is 2.93. The van der Waals surface area contributed by atoms with Crippen LogP contribution >= 0.6 is 11.3 Å². The van der Waals surface area contributed by atoms with Crippen LogP contribution in [0.5, 0.6) is 0 Å². The van der Waals surface area contributed by atoms with Gasteiger partial charge in [0.05, 0.1) is 29.9 Å². The van der Waals surface area contributed by atoms with Crippen molar-refractivity contribution in [3.05, 3.63) is 29.5 Å². The number of morpholine rings is 1. The summed E-state index contributed by atoms with van der Waals surface area (Å²) in [4.78, 5) is 7.84. The average Bonchev–Trinajstić information content (AvgIpc) is 3.12. The third-order valence-corrected chi connectivity index (χ3v) is 4.34. The molecule has 0 radical (unpaired) electrons. The van der Waals surface area contributed by atoms with Gasteiger partial charge in [0.15, 0.2) is 0 Å². The van der Waals surface area contributed by atoms with Gasteiger partial charge in [-0.25, -0.2) is 4.98 Å². The molecule has 1 saturated heterocycles. The summed E-state index contributed by atoms with van der Waals surface area (Å²) < 4.78 is 11.1. The highest BCUT2D eigenvalue weighted by Crippen LogP contribution is 2.24. The van der Waals surface area contributed by atoms with Crippen molar-refractivity contribution in [3.8, 4) is 10.8 Å². The molecule has 20 heavy (non-hydrogen) atoms. The van der Waals surface area contributed by atoms with E-state index in [1.807, 2.05) is 17.5 Å². The van der Waals surface area contributed by atoms with Crippen LogP contribution in [0.2, 0.25) is 0 Å². The molecule has 2 aromatic heterocycles. The van der Waals surface area contributed by atoms with Gasteiger partial charge < -0.3 is 14.3 Å². The van der Waals surface area contributed by atoms with Gasteiger partial charge >= 0.3 is 0 Å². The number of thiophene rings is 1. The van der Waals surface area contributed by atoms with Crippen LogP contribution in [0.25, 0.3) is 10.8 Å². The largest absolute Gasteiger partial charge is 0.444 e. The Hall–Kier alpha value is -1.21. The second-order valence-electron chi connectivity index (χ2n) is 5.04. The number of ether oxygens (including phenoxy) is 1. The summed E-state index contributed by atoms with van der Waals surface area (Å²) >= 11 is 1.62. The highest BCUT2D eigenvalue weighted by molar-refractivity contribution is 7.13. The normalized spacial score (nSPS) is 24.1. The Kier molecular flexibility index (Phi) is 4.16. The Bertz CT molecular complexity index is 540. The lowest BCUT2D eigenvalue weighted by atomic mass is 10.2. The number of hydrogen-bond acceptors (Lipinski definition) is 6. The molecule has 1 aliphatic heterocycles. The fourth-order valence-corrected chi connectivity index (χ4v) is 2.96. The molecule has 3 rings (SSSR count). The summed E-state index contributed by atoms with van der Waals surface area (Å²) in [5.41, 5.74) is 0.916. The Morgan fingerprint density at radius 1 is 1.55 bits per heavy atom. The molecule has 1 fully saturated rings. The van der Waals surface area contributed by atoms with Crippen molar-refractivity contribution in [2.75, 3.05) is 19.8 Å². The number of aromatic nitrogens is 1. The molecule has 6 heteroatoms. The maximum absolute atomic E-state index is 9.21. The molecule has 0 spiro atoms. The minimum atomic E-state index is -0.102. The maximum atomic E-state index is 9.21. The lowest BCUT2D eigenvalue weighted by molar-refractivity contribution is -0.0808.